The fraction of sp³-hybridized carbons (Fsp3) is 0.167. The van der Waals surface area contributed by atoms with Crippen molar-refractivity contribution in [2.24, 2.45) is 0 Å². The van der Waals surface area contributed by atoms with Crippen molar-refractivity contribution in [1.82, 2.24) is 0 Å². The van der Waals surface area contributed by atoms with Crippen molar-refractivity contribution in [1.29, 1.82) is 0 Å². The fourth-order valence-corrected chi connectivity index (χ4v) is 0.561. The summed E-state index contributed by atoms with van der Waals surface area (Å²) in [5, 5.41) is 16.9. The minimum Gasteiger partial charge on any atom is -0.376 e. The van der Waals surface area contributed by atoms with Gasteiger partial charge in [-0.1, -0.05) is 0 Å². The van der Waals surface area contributed by atoms with Crippen molar-refractivity contribution in [3.8, 4) is 0 Å². The molecule has 0 amide bonds. The van der Waals surface area contributed by atoms with Crippen LogP contribution < -0.4 is 0 Å². The van der Waals surface area contributed by atoms with Gasteiger partial charge in [-0.2, -0.15) is 18.2 Å². The number of aliphatic hydroxyl groups is 2. The number of rotatable bonds is 1. The van der Waals surface area contributed by atoms with E-state index in [-0.39, 0.29) is 0 Å². The Hall–Kier alpha value is -0.730. The normalized spacial score (nSPS) is 10.4. The van der Waals surface area contributed by atoms with Crippen LogP contribution >= 0.6 is 0 Å². The van der Waals surface area contributed by atoms with Gasteiger partial charge in [0.1, 0.15) is 6.29 Å². The van der Waals surface area contributed by atoms with E-state index in [0.29, 0.717) is 5.56 Å². The minimum absolute atomic E-state index is 0.546. The Morgan fingerprint density at radius 2 is 2.25 bits per heavy atom. The minimum atomic E-state index is -1.31. The molecule has 0 fully saturated rings. The van der Waals surface area contributed by atoms with Gasteiger partial charge < -0.3 is 10.2 Å². The van der Waals surface area contributed by atoms with Crippen LogP contribution in [0, 0.1) is 0 Å². The molecule has 0 aliphatic rings. The molecule has 0 bridgehead atoms. The number of hydrogen-bond acceptors (Lipinski definition) is 2. The highest BCUT2D eigenvalue weighted by Gasteiger charge is 1.88. The summed E-state index contributed by atoms with van der Waals surface area (Å²) in [6.45, 7) is 0. The molecule has 2 N–H and O–H groups in total. The molecule has 0 radical (unpaired) electrons. The van der Waals surface area contributed by atoms with E-state index in [0.717, 1.165) is 0 Å². The Balaban J connectivity index is 2.77. The van der Waals surface area contributed by atoms with Crippen molar-refractivity contribution < 1.29 is 10.2 Å². The van der Waals surface area contributed by atoms with Crippen molar-refractivity contribution in [3.63, 3.8) is 0 Å². The van der Waals surface area contributed by atoms with Crippen LogP contribution in [0.1, 0.15) is 11.9 Å². The van der Waals surface area contributed by atoms with Gasteiger partial charge in [0.2, 0.25) is 0 Å². The molecule has 44 valence electrons. The predicted molar refractivity (Wildman–Crippen MR) is 29.2 cm³/mol. The maximum absolute atomic E-state index is 8.47. The quantitative estimate of drug-likeness (QED) is 0.406. The highest BCUT2D eigenvalue weighted by atomic mass is 16.5. The van der Waals surface area contributed by atoms with Crippen molar-refractivity contribution in [2.75, 3.05) is 0 Å². The summed E-state index contributed by atoms with van der Waals surface area (Å²) in [5.41, 5.74) is 0.546. The van der Waals surface area contributed by atoms with Gasteiger partial charge in [0, 0.05) is 0 Å². The summed E-state index contributed by atoms with van der Waals surface area (Å²) in [6.07, 6.45) is -1.31. The third kappa shape index (κ3) is 0.911. The lowest BCUT2D eigenvalue weighted by molar-refractivity contribution is -0.0422. The first-order valence-electron chi connectivity index (χ1n) is 2.38. The zero-order chi connectivity index (χ0) is 5.98. The highest BCUT2D eigenvalue weighted by Crippen LogP contribution is 2.07. The average Bonchev–Trinajstić information content (AvgIpc) is 2.12. The zero-order valence-electron chi connectivity index (χ0n) is 4.28. The molecule has 0 heterocycles. The van der Waals surface area contributed by atoms with Crippen LogP contribution in [0.25, 0.3) is 0 Å². The molecule has 2 nitrogen and oxygen atoms in total. The van der Waals surface area contributed by atoms with Crippen LogP contribution in [0.2, 0.25) is 0 Å². The fourth-order valence-electron chi connectivity index (χ4n) is 0.561. The van der Waals surface area contributed by atoms with Crippen molar-refractivity contribution in [2.45, 2.75) is 6.29 Å². The van der Waals surface area contributed by atoms with Crippen LogP contribution in [0.4, 0.5) is 0 Å². The Kier molecular flexibility index (Phi) is 1.37. The second-order valence-electron chi connectivity index (χ2n) is 1.59. The van der Waals surface area contributed by atoms with Crippen molar-refractivity contribution in [3.05, 3.63) is 29.8 Å². The van der Waals surface area contributed by atoms with Crippen LogP contribution in [0.15, 0.2) is 24.3 Å². The largest absolute Gasteiger partial charge is 0.376 e. The van der Waals surface area contributed by atoms with Crippen LogP contribution in [0.3, 0.4) is 0 Å². The molecule has 0 aromatic heterocycles. The van der Waals surface area contributed by atoms with Gasteiger partial charge in [-0.15, -0.1) is 5.56 Å². The van der Waals surface area contributed by atoms with Gasteiger partial charge in [0.05, 0.1) is 0 Å². The van der Waals surface area contributed by atoms with E-state index in [9.17, 15) is 0 Å². The molecular weight excluding hydrogens is 104 g/mol. The first-order valence-corrected chi connectivity index (χ1v) is 2.38. The van der Waals surface area contributed by atoms with E-state index in [4.69, 9.17) is 10.2 Å². The smallest absolute Gasteiger partial charge is 0.122 e. The standard InChI is InChI=1S/C6H7O2/c7-6(8)5-3-1-2-4-5/h1-4,6-8H/q-1. The Labute approximate surface area is 47.4 Å². The van der Waals surface area contributed by atoms with E-state index in [2.05, 4.69) is 0 Å². The molecule has 0 spiro atoms. The third-order valence-electron chi connectivity index (χ3n) is 0.987. The average molecular weight is 111 g/mol. The van der Waals surface area contributed by atoms with Gasteiger partial charge in [0.25, 0.3) is 0 Å². The number of hydrogen-bond donors (Lipinski definition) is 2. The van der Waals surface area contributed by atoms with E-state index in [1.807, 2.05) is 0 Å². The predicted octanol–water partition coefficient (Wildman–Crippen LogP) is 0.389. The zero-order valence-corrected chi connectivity index (χ0v) is 4.28. The van der Waals surface area contributed by atoms with Gasteiger partial charge >= 0.3 is 0 Å². The van der Waals surface area contributed by atoms with E-state index in [1.54, 1.807) is 24.3 Å². The van der Waals surface area contributed by atoms with Crippen molar-refractivity contribution >= 4 is 0 Å². The lowest BCUT2D eigenvalue weighted by Gasteiger charge is -2.03. The van der Waals surface area contributed by atoms with Crippen LogP contribution in [-0.4, -0.2) is 10.2 Å². The van der Waals surface area contributed by atoms with E-state index >= 15 is 0 Å². The van der Waals surface area contributed by atoms with E-state index in [1.165, 1.54) is 0 Å². The Morgan fingerprint density at radius 1 is 1.50 bits per heavy atom. The maximum Gasteiger partial charge on any atom is 0.122 e. The lowest BCUT2D eigenvalue weighted by Crippen LogP contribution is -1.89. The molecule has 0 aliphatic carbocycles. The monoisotopic (exact) mass is 111 g/mol. The molecule has 0 saturated carbocycles. The molecule has 1 aromatic carbocycles. The molecule has 0 aliphatic heterocycles. The first kappa shape index (κ1) is 5.41. The van der Waals surface area contributed by atoms with Gasteiger partial charge in [-0.25, -0.2) is 6.07 Å². The third-order valence-corrected chi connectivity index (χ3v) is 0.987. The second-order valence-corrected chi connectivity index (χ2v) is 1.59. The molecule has 0 unspecified atom stereocenters. The molecule has 0 saturated heterocycles. The summed E-state index contributed by atoms with van der Waals surface area (Å²) < 4.78 is 0. The second kappa shape index (κ2) is 2.03. The van der Waals surface area contributed by atoms with Gasteiger partial charge in [-0.3, -0.25) is 0 Å². The maximum atomic E-state index is 8.47. The van der Waals surface area contributed by atoms with E-state index < -0.39 is 6.29 Å². The Bertz CT molecular complexity index is 142. The van der Waals surface area contributed by atoms with Gasteiger partial charge in [0.15, 0.2) is 0 Å². The molecule has 1 aromatic rings. The Morgan fingerprint density at radius 3 is 2.50 bits per heavy atom. The summed E-state index contributed by atoms with van der Waals surface area (Å²) in [7, 11) is 0. The highest BCUT2D eigenvalue weighted by molar-refractivity contribution is 5.16. The lowest BCUT2D eigenvalue weighted by atomic mass is 10.3. The number of aliphatic hydroxyl groups excluding tert-OH is 1. The topological polar surface area (TPSA) is 40.5 Å². The molecule has 0 atom stereocenters. The SMILES string of the molecule is OC(O)c1cc[cH-]c1. The van der Waals surface area contributed by atoms with Crippen LogP contribution in [0.5, 0.6) is 0 Å². The van der Waals surface area contributed by atoms with Crippen LogP contribution in [-0.2, 0) is 0 Å². The molecule has 2 heteroatoms. The molecule has 8 heavy (non-hydrogen) atoms. The summed E-state index contributed by atoms with van der Waals surface area (Å²) in [4.78, 5) is 0. The molecular formula is C6H7O2-. The summed E-state index contributed by atoms with van der Waals surface area (Å²) >= 11 is 0. The first-order chi connectivity index (χ1) is 3.80. The summed E-state index contributed by atoms with van der Waals surface area (Å²) in [5.74, 6) is 0. The van der Waals surface area contributed by atoms with Gasteiger partial charge in [-0.05, 0) is 0 Å². The molecule has 1 rings (SSSR count). The summed E-state index contributed by atoms with van der Waals surface area (Å²) in [6, 6.07) is 6.83.